The zero-order valence-corrected chi connectivity index (χ0v) is 12.1. The van der Waals surface area contributed by atoms with E-state index in [0.717, 1.165) is 10.5 Å². The number of urea groups is 1. The Morgan fingerprint density at radius 1 is 1.05 bits per heavy atom. The number of nitrogens with zero attached hydrogens (tertiary/aromatic N) is 2. The lowest BCUT2D eigenvalue weighted by molar-refractivity contribution is -0.143. The molecule has 6 heteroatoms. The van der Waals surface area contributed by atoms with Gasteiger partial charge in [-0.25, -0.2) is 9.69 Å². The molecule has 0 bridgehead atoms. The molecular formula is C15H16N2O4. The molecule has 0 saturated carbocycles. The van der Waals surface area contributed by atoms with E-state index in [2.05, 4.69) is 0 Å². The summed E-state index contributed by atoms with van der Waals surface area (Å²) in [5.74, 6) is -2.21. The van der Waals surface area contributed by atoms with Crippen molar-refractivity contribution in [2.75, 3.05) is 6.54 Å². The van der Waals surface area contributed by atoms with E-state index in [-0.39, 0.29) is 5.78 Å². The predicted molar refractivity (Wildman–Crippen MR) is 74.6 cm³/mol. The number of amides is 4. The first-order valence-electron chi connectivity index (χ1n) is 6.61. The molecule has 1 saturated heterocycles. The van der Waals surface area contributed by atoms with Crippen LogP contribution in [-0.2, 0) is 9.59 Å². The van der Waals surface area contributed by atoms with E-state index < -0.39 is 30.4 Å². The minimum Gasteiger partial charge on any atom is -0.292 e. The fourth-order valence-corrected chi connectivity index (χ4v) is 2.09. The van der Waals surface area contributed by atoms with Crippen molar-refractivity contribution in [1.82, 2.24) is 9.80 Å². The Labute approximate surface area is 122 Å². The molecule has 0 atom stereocenters. The Bertz CT molecular complexity index is 619. The van der Waals surface area contributed by atoms with Crippen LogP contribution in [0.4, 0.5) is 4.79 Å². The zero-order chi connectivity index (χ0) is 15.7. The Balaban J connectivity index is 2.18. The summed E-state index contributed by atoms with van der Waals surface area (Å²) in [5.41, 5.74) is 1.40. The summed E-state index contributed by atoms with van der Waals surface area (Å²) in [4.78, 5) is 49.3. The molecule has 0 aromatic heterocycles. The monoisotopic (exact) mass is 288 g/mol. The molecule has 1 aliphatic heterocycles. The largest absolute Gasteiger partial charge is 0.334 e. The lowest BCUT2D eigenvalue weighted by Gasteiger charge is -2.18. The molecule has 1 aromatic carbocycles. The lowest BCUT2D eigenvalue weighted by Crippen LogP contribution is -2.39. The van der Waals surface area contributed by atoms with E-state index in [1.54, 1.807) is 38.1 Å². The molecule has 2 rings (SSSR count). The second kappa shape index (κ2) is 5.47. The highest BCUT2D eigenvalue weighted by Crippen LogP contribution is 2.16. The van der Waals surface area contributed by atoms with Crippen LogP contribution in [0, 0.1) is 6.92 Å². The molecule has 4 amide bonds. The summed E-state index contributed by atoms with van der Waals surface area (Å²) in [7, 11) is 0. The van der Waals surface area contributed by atoms with Crippen molar-refractivity contribution in [1.29, 1.82) is 0 Å². The van der Waals surface area contributed by atoms with Gasteiger partial charge in [-0.2, -0.15) is 0 Å². The van der Waals surface area contributed by atoms with Crippen LogP contribution in [0.15, 0.2) is 24.3 Å². The van der Waals surface area contributed by atoms with Crippen LogP contribution < -0.4 is 0 Å². The summed E-state index contributed by atoms with van der Waals surface area (Å²) < 4.78 is 0. The number of hydrogen-bond acceptors (Lipinski definition) is 4. The maximum atomic E-state index is 12.1. The quantitative estimate of drug-likeness (QED) is 0.476. The number of Topliss-reactive ketones (excluding diaryl/α,β-unsaturated/α-hetero) is 1. The van der Waals surface area contributed by atoms with Gasteiger partial charge in [-0.15, -0.1) is 0 Å². The van der Waals surface area contributed by atoms with Gasteiger partial charge in [-0.3, -0.25) is 19.3 Å². The average Bonchev–Trinajstić information content (AvgIpc) is 2.63. The topological polar surface area (TPSA) is 74.8 Å². The first kappa shape index (κ1) is 14.9. The van der Waals surface area contributed by atoms with Crippen LogP contribution in [0.25, 0.3) is 0 Å². The minimum absolute atomic E-state index is 0.380. The Morgan fingerprint density at radius 3 is 2.10 bits per heavy atom. The summed E-state index contributed by atoms with van der Waals surface area (Å²) in [6, 6.07) is 5.64. The van der Waals surface area contributed by atoms with E-state index in [9.17, 15) is 19.2 Å². The van der Waals surface area contributed by atoms with Gasteiger partial charge in [0.05, 0.1) is 6.54 Å². The number of carbonyl (C=O) groups excluding carboxylic acids is 4. The number of rotatable bonds is 4. The highest BCUT2D eigenvalue weighted by molar-refractivity contribution is 6.45. The third-order valence-corrected chi connectivity index (χ3v) is 3.28. The summed E-state index contributed by atoms with van der Waals surface area (Å²) in [6.07, 6.45) is 0. The minimum atomic E-state index is -0.950. The van der Waals surface area contributed by atoms with Gasteiger partial charge in [-0.1, -0.05) is 29.8 Å². The number of imide groups is 2. The number of aryl methyl sites for hydroxylation is 1. The maximum Gasteiger partial charge on any atom is 0.334 e. The number of carbonyl (C=O) groups is 4. The van der Waals surface area contributed by atoms with E-state index in [0.29, 0.717) is 10.5 Å². The molecule has 21 heavy (non-hydrogen) atoms. The third kappa shape index (κ3) is 2.69. The summed E-state index contributed by atoms with van der Waals surface area (Å²) in [6.45, 7) is 4.74. The van der Waals surface area contributed by atoms with Gasteiger partial charge >= 0.3 is 17.8 Å². The second-order valence-electron chi connectivity index (χ2n) is 5.23. The van der Waals surface area contributed by atoms with Gasteiger partial charge in [0.25, 0.3) is 0 Å². The highest BCUT2D eigenvalue weighted by Gasteiger charge is 2.46. The number of hydrogen-bond donors (Lipinski definition) is 0. The summed E-state index contributed by atoms with van der Waals surface area (Å²) >= 11 is 0. The SMILES string of the molecule is Cc1ccc(C(=O)CN2C(=O)C(=O)N(C(C)C)C2=O)cc1. The highest BCUT2D eigenvalue weighted by atomic mass is 16.2. The van der Waals surface area contributed by atoms with Crippen LogP contribution in [-0.4, -0.2) is 46.0 Å². The van der Waals surface area contributed by atoms with Crippen molar-refractivity contribution in [3.63, 3.8) is 0 Å². The van der Waals surface area contributed by atoms with Crippen molar-refractivity contribution < 1.29 is 19.2 Å². The fourth-order valence-electron chi connectivity index (χ4n) is 2.09. The standard InChI is InChI=1S/C15H16N2O4/c1-9(2)17-14(20)13(19)16(15(17)21)8-12(18)11-6-4-10(3)5-7-11/h4-7,9H,8H2,1-3H3. The second-order valence-corrected chi connectivity index (χ2v) is 5.23. The lowest BCUT2D eigenvalue weighted by atomic mass is 10.1. The van der Waals surface area contributed by atoms with E-state index in [1.165, 1.54) is 0 Å². The molecule has 110 valence electrons. The normalized spacial score (nSPS) is 15.3. The van der Waals surface area contributed by atoms with Crippen LogP contribution in [0.2, 0.25) is 0 Å². The first-order valence-corrected chi connectivity index (χ1v) is 6.61. The van der Waals surface area contributed by atoms with Crippen LogP contribution >= 0.6 is 0 Å². The van der Waals surface area contributed by atoms with Crippen LogP contribution in [0.1, 0.15) is 29.8 Å². The van der Waals surface area contributed by atoms with Crippen LogP contribution in [0.5, 0.6) is 0 Å². The molecule has 0 aliphatic carbocycles. The smallest absolute Gasteiger partial charge is 0.292 e. The summed E-state index contributed by atoms with van der Waals surface area (Å²) in [5, 5.41) is 0. The number of benzene rings is 1. The van der Waals surface area contributed by atoms with Crippen molar-refractivity contribution >= 4 is 23.6 Å². The van der Waals surface area contributed by atoms with Crippen molar-refractivity contribution in [3.05, 3.63) is 35.4 Å². The van der Waals surface area contributed by atoms with Crippen molar-refractivity contribution in [2.24, 2.45) is 0 Å². The predicted octanol–water partition coefficient (Wildman–Crippen LogP) is 1.38. The van der Waals surface area contributed by atoms with Gasteiger partial charge in [0.2, 0.25) is 0 Å². The van der Waals surface area contributed by atoms with Gasteiger partial charge < -0.3 is 0 Å². The molecule has 1 fully saturated rings. The Kier molecular flexibility index (Phi) is 3.88. The Hall–Kier alpha value is -2.50. The van der Waals surface area contributed by atoms with Crippen LogP contribution in [0.3, 0.4) is 0 Å². The first-order chi connectivity index (χ1) is 9.82. The average molecular weight is 288 g/mol. The van der Waals surface area contributed by atoms with Crippen molar-refractivity contribution in [3.8, 4) is 0 Å². The third-order valence-electron chi connectivity index (χ3n) is 3.28. The van der Waals surface area contributed by atoms with Gasteiger partial charge in [0.1, 0.15) is 0 Å². The molecule has 1 aromatic rings. The fraction of sp³-hybridized carbons (Fsp3) is 0.333. The van der Waals surface area contributed by atoms with Gasteiger partial charge in [0.15, 0.2) is 5.78 Å². The Morgan fingerprint density at radius 2 is 1.62 bits per heavy atom. The van der Waals surface area contributed by atoms with E-state index in [1.807, 2.05) is 6.92 Å². The van der Waals surface area contributed by atoms with Gasteiger partial charge in [0, 0.05) is 11.6 Å². The number of ketones is 1. The van der Waals surface area contributed by atoms with E-state index >= 15 is 0 Å². The van der Waals surface area contributed by atoms with Crippen molar-refractivity contribution in [2.45, 2.75) is 26.8 Å². The molecule has 0 radical (unpaired) electrons. The molecule has 6 nitrogen and oxygen atoms in total. The molecule has 0 spiro atoms. The molecular weight excluding hydrogens is 272 g/mol. The molecule has 1 heterocycles. The molecule has 1 aliphatic rings. The maximum absolute atomic E-state index is 12.1. The zero-order valence-electron chi connectivity index (χ0n) is 12.1. The van der Waals surface area contributed by atoms with E-state index in [4.69, 9.17) is 0 Å². The van der Waals surface area contributed by atoms with Gasteiger partial charge in [-0.05, 0) is 20.8 Å². The molecule has 0 unspecified atom stereocenters. The molecule has 0 N–H and O–H groups in total.